The summed E-state index contributed by atoms with van der Waals surface area (Å²) in [5.74, 6) is -0.961. The summed E-state index contributed by atoms with van der Waals surface area (Å²) in [6.07, 6.45) is 0.818. The van der Waals surface area contributed by atoms with Crippen LogP contribution in [0.3, 0.4) is 0 Å². The lowest BCUT2D eigenvalue weighted by Gasteiger charge is -2.06. The zero-order chi connectivity index (χ0) is 17.0. The van der Waals surface area contributed by atoms with Crippen LogP contribution in [-0.4, -0.2) is 26.5 Å². The van der Waals surface area contributed by atoms with Crippen molar-refractivity contribution in [2.24, 2.45) is 10.9 Å². The summed E-state index contributed by atoms with van der Waals surface area (Å²) >= 11 is 1.58. The van der Waals surface area contributed by atoms with Crippen molar-refractivity contribution >= 4 is 33.3 Å². The Morgan fingerprint density at radius 3 is 2.70 bits per heavy atom. The van der Waals surface area contributed by atoms with Gasteiger partial charge in [-0.05, 0) is 46.8 Å². The molecule has 0 bridgehead atoms. The highest BCUT2D eigenvalue weighted by Crippen LogP contribution is 2.29. The van der Waals surface area contributed by atoms with Crippen molar-refractivity contribution in [3.8, 4) is 10.4 Å². The first-order chi connectivity index (χ1) is 10.8. The SMILES string of the molecule is Cc1ccsc1-c1cccc(C(=O)NC(N)=NOS(C)(=O)=O)c1. The molecule has 122 valence electrons. The van der Waals surface area contributed by atoms with Crippen LogP contribution in [0.1, 0.15) is 15.9 Å². The van der Waals surface area contributed by atoms with Crippen molar-refractivity contribution in [2.45, 2.75) is 6.92 Å². The fourth-order valence-electron chi connectivity index (χ4n) is 1.79. The van der Waals surface area contributed by atoms with Crippen molar-refractivity contribution in [1.29, 1.82) is 0 Å². The molecule has 1 amide bonds. The predicted octanol–water partition coefficient (Wildman–Crippen LogP) is 1.66. The zero-order valence-corrected chi connectivity index (χ0v) is 14.1. The molecule has 0 fully saturated rings. The van der Waals surface area contributed by atoms with Crippen LogP contribution in [0.25, 0.3) is 10.4 Å². The highest BCUT2D eigenvalue weighted by molar-refractivity contribution is 7.85. The smallest absolute Gasteiger partial charge is 0.325 e. The number of thiophene rings is 1. The number of hydrogen-bond donors (Lipinski definition) is 2. The molecular weight excluding hydrogens is 338 g/mol. The van der Waals surface area contributed by atoms with Gasteiger partial charge in [0, 0.05) is 10.4 Å². The molecule has 0 aliphatic rings. The molecule has 2 rings (SSSR count). The van der Waals surface area contributed by atoms with Crippen molar-refractivity contribution in [1.82, 2.24) is 5.32 Å². The summed E-state index contributed by atoms with van der Waals surface area (Å²) in [6.45, 7) is 1.99. The summed E-state index contributed by atoms with van der Waals surface area (Å²) in [4.78, 5) is 13.2. The molecule has 23 heavy (non-hydrogen) atoms. The third-order valence-corrected chi connectivity index (χ3v) is 4.17. The maximum atomic E-state index is 12.1. The minimum absolute atomic E-state index is 0.368. The normalized spacial score (nSPS) is 12.0. The van der Waals surface area contributed by atoms with Crippen LogP contribution in [0.4, 0.5) is 0 Å². The number of hydrogen-bond acceptors (Lipinski definition) is 6. The number of rotatable bonds is 4. The van der Waals surface area contributed by atoms with Crippen molar-refractivity contribution in [3.63, 3.8) is 0 Å². The number of carbonyl (C=O) groups is 1. The maximum Gasteiger partial charge on any atom is 0.325 e. The zero-order valence-electron chi connectivity index (χ0n) is 12.4. The van der Waals surface area contributed by atoms with Gasteiger partial charge >= 0.3 is 10.1 Å². The van der Waals surface area contributed by atoms with Crippen LogP contribution >= 0.6 is 11.3 Å². The quantitative estimate of drug-likeness (QED) is 0.493. The predicted molar refractivity (Wildman–Crippen MR) is 89.5 cm³/mol. The largest absolute Gasteiger partial charge is 0.367 e. The molecule has 0 saturated carbocycles. The number of oxime groups is 1. The van der Waals surface area contributed by atoms with Crippen LogP contribution < -0.4 is 11.1 Å². The van der Waals surface area contributed by atoms with Gasteiger partial charge in [0.25, 0.3) is 5.91 Å². The Morgan fingerprint density at radius 2 is 2.09 bits per heavy atom. The minimum Gasteiger partial charge on any atom is -0.367 e. The van der Waals surface area contributed by atoms with E-state index in [0.29, 0.717) is 5.56 Å². The second kappa shape index (κ2) is 6.80. The number of carbonyl (C=O) groups excluding carboxylic acids is 1. The van der Waals surface area contributed by atoms with Crippen molar-refractivity contribution in [3.05, 3.63) is 46.8 Å². The summed E-state index contributed by atoms with van der Waals surface area (Å²) in [5.41, 5.74) is 7.81. The second-order valence-electron chi connectivity index (χ2n) is 4.72. The Kier molecular flexibility index (Phi) is 5.02. The number of benzene rings is 1. The molecule has 1 aromatic carbocycles. The number of amides is 1. The fraction of sp³-hybridized carbons (Fsp3) is 0.143. The van der Waals surface area contributed by atoms with Crippen LogP contribution in [0, 0.1) is 6.92 Å². The molecule has 3 N–H and O–H groups in total. The lowest BCUT2D eigenvalue weighted by atomic mass is 10.1. The number of nitrogens with zero attached hydrogens (tertiary/aromatic N) is 1. The molecule has 0 unspecified atom stereocenters. The monoisotopic (exact) mass is 353 g/mol. The molecule has 7 nitrogen and oxygen atoms in total. The second-order valence-corrected chi connectivity index (χ2v) is 7.20. The van der Waals surface area contributed by atoms with Gasteiger partial charge in [-0.25, -0.2) is 0 Å². The van der Waals surface area contributed by atoms with E-state index in [1.165, 1.54) is 0 Å². The highest BCUT2D eigenvalue weighted by Gasteiger charge is 2.11. The average Bonchev–Trinajstić information content (AvgIpc) is 2.91. The van der Waals surface area contributed by atoms with E-state index in [1.807, 2.05) is 24.4 Å². The van der Waals surface area contributed by atoms with Gasteiger partial charge in [0.15, 0.2) is 0 Å². The van der Waals surface area contributed by atoms with E-state index in [0.717, 1.165) is 22.3 Å². The molecule has 0 aliphatic carbocycles. The van der Waals surface area contributed by atoms with Gasteiger partial charge in [-0.2, -0.15) is 8.42 Å². The van der Waals surface area contributed by atoms with Crippen molar-refractivity contribution < 1.29 is 17.5 Å². The van der Waals surface area contributed by atoms with Crippen LogP contribution in [0.5, 0.6) is 0 Å². The number of nitrogens with one attached hydrogen (secondary N) is 1. The third kappa shape index (κ3) is 4.80. The Balaban J connectivity index is 2.16. The topological polar surface area (TPSA) is 111 Å². The highest BCUT2D eigenvalue weighted by atomic mass is 32.2. The summed E-state index contributed by atoms with van der Waals surface area (Å²) < 4.78 is 25.8. The van der Waals surface area contributed by atoms with Gasteiger partial charge in [-0.15, -0.1) is 11.3 Å². The molecule has 1 heterocycles. The fourth-order valence-corrected chi connectivity index (χ4v) is 2.93. The first kappa shape index (κ1) is 17.0. The molecule has 2 aromatic rings. The van der Waals surface area contributed by atoms with E-state index in [4.69, 9.17) is 5.73 Å². The van der Waals surface area contributed by atoms with E-state index in [2.05, 4.69) is 14.8 Å². The van der Waals surface area contributed by atoms with Gasteiger partial charge in [-0.1, -0.05) is 12.1 Å². The van der Waals surface area contributed by atoms with Gasteiger partial charge in [-0.3, -0.25) is 14.4 Å². The Hall–Kier alpha value is -2.39. The van der Waals surface area contributed by atoms with E-state index in [1.54, 1.807) is 29.5 Å². The van der Waals surface area contributed by atoms with E-state index in [-0.39, 0.29) is 0 Å². The molecule has 0 aliphatic heterocycles. The van der Waals surface area contributed by atoms with Gasteiger partial charge in [0.05, 0.1) is 6.26 Å². The Bertz CT molecular complexity index is 856. The first-order valence-electron chi connectivity index (χ1n) is 6.44. The molecule has 0 atom stereocenters. The van der Waals surface area contributed by atoms with Gasteiger partial charge in [0.1, 0.15) is 0 Å². The van der Waals surface area contributed by atoms with Crippen LogP contribution in [0.2, 0.25) is 0 Å². The van der Waals surface area contributed by atoms with E-state index < -0.39 is 22.0 Å². The van der Waals surface area contributed by atoms with Gasteiger partial charge in [0.2, 0.25) is 5.96 Å². The average molecular weight is 353 g/mol. The molecule has 0 spiro atoms. The summed E-state index contributed by atoms with van der Waals surface area (Å²) in [6, 6.07) is 8.99. The molecule has 0 radical (unpaired) electrons. The molecule has 0 saturated heterocycles. The van der Waals surface area contributed by atoms with E-state index >= 15 is 0 Å². The number of aryl methyl sites for hydroxylation is 1. The van der Waals surface area contributed by atoms with Crippen LogP contribution in [-0.2, 0) is 14.4 Å². The van der Waals surface area contributed by atoms with Crippen LogP contribution in [0.15, 0.2) is 40.9 Å². The van der Waals surface area contributed by atoms with Gasteiger partial charge < -0.3 is 5.73 Å². The standard InChI is InChI=1S/C14H15N3O4S2/c1-9-6-7-22-12(9)10-4-3-5-11(8-10)13(18)16-14(15)17-21-23(2,19)20/h3-8H,1-2H3,(H3,15,16,17,18). The van der Waals surface area contributed by atoms with E-state index in [9.17, 15) is 13.2 Å². The Labute approximate surface area is 137 Å². The maximum absolute atomic E-state index is 12.1. The Morgan fingerprint density at radius 1 is 1.35 bits per heavy atom. The lowest BCUT2D eigenvalue weighted by molar-refractivity contribution is 0.0975. The first-order valence-corrected chi connectivity index (χ1v) is 9.14. The molecule has 9 heteroatoms. The minimum atomic E-state index is -3.78. The van der Waals surface area contributed by atoms with Crippen molar-refractivity contribution in [2.75, 3.05) is 6.26 Å². The summed E-state index contributed by atoms with van der Waals surface area (Å²) in [5, 5.41) is 7.36. The molecule has 1 aromatic heterocycles. The number of guanidine groups is 1. The lowest BCUT2D eigenvalue weighted by Crippen LogP contribution is -2.37. The molecular formula is C14H15N3O4S2. The third-order valence-electron chi connectivity index (χ3n) is 2.76. The number of nitrogens with two attached hydrogens (primary N) is 1. The summed E-state index contributed by atoms with van der Waals surface area (Å²) in [7, 11) is -3.78.